The number of hydrogen-bond acceptors (Lipinski definition) is 2. The lowest BCUT2D eigenvalue weighted by molar-refractivity contribution is -0.0597. The van der Waals surface area contributed by atoms with Crippen LogP contribution >= 0.6 is 0 Å². The highest BCUT2D eigenvalue weighted by molar-refractivity contribution is 5.32. The molecule has 3 aliphatic carbocycles. The molecule has 4 unspecified atom stereocenters. The highest BCUT2D eigenvalue weighted by Crippen LogP contribution is 2.56. The Bertz CT molecular complexity index is 474. The predicted octanol–water partition coefficient (Wildman–Crippen LogP) is 4.45. The third-order valence-corrected chi connectivity index (χ3v) is 7.03. The quantitative estimate of drug-likeness (QED) is 0.761. The molecule has 2 heteroatoms. The third-order valence-electron chi connectivity index (χ3n) is 7.03. The minimum Gasteiger partial charge on any atom is -0.501 e. The van der Waals surface area contributed by atoms with Crippen LogP contribution in [0.4, 0.5) is 0 Å². The molecular formula is C19H30O2. The zero-order chi connectivity index (χ0) is 15.2. The van der Waals surface area contributed by atoms with Crippen LogP contribution in [0.25, 0.3) is 0 Å². The van der Waals surface area contributed by atoms with Crippen LogP contribution in [-0.4, -0.2) is 18.3 Å². The van der Waals surface area contributed by atoms with E-state index >= 15 is 0 Å². The van der Waals surface area contributed by atoms with Gasteiger partial charge in [-0.15, -0.1) is 0 Å². The van der Waals surface area contributed by atoms with E-state index < -0.39 is 0 Å². The average Bonchev–Trinajstić information content (AvgIpc) is 2.49. The molecule has 1 saturated carbocycles. The van der Waals surface area contributed by atoms with Crippen LogP contribution in [0.3, 0.4) is 0 Å². The first-order chi connectivity index (χ1) is 9.97. The number of hydrogen-bond donors (Lipinski definition) is 1. The van der Waals surface area contributed by atoms with E-state index in [-0.39, 0.29) is 11.5 Å². The summed E-state index contributed by atoms with van der Waals surface area (Å²) in [5.41, 5.74) is 3.47. The van der Waals surface area contributed by atoms with Crippen LogP contribution in [0, 0.1) is 23.2 Å². The summed E-state index contributed by atoms with van der Waals surface area (Å²) in [6.45, 7) is 6.67. The fourth-order valence-electron chi connectivity index (χ4n) is 5.14. The minimum atomic E-state index is -0.199. The Kier molecular flexibility index (Phi) is 3.94. The van der Waals surface area contributed by atoms with Gasteiger partial charge in [-0.25, -0.2) is 0 Å². The first-order valence-electron chi connectivity index (χ1n) is 8.59. The molecule has 0 aromatic carbocycles. The van der Waals surface area contributed by atoms with Gasteiger partial charge < -0.3 is 9.84 Å². The summed E-state index contributed by atoms with van der Waals surface area (Å²) in [7, 11) is 1.79. The first-order valence-corrected chi connectivity index (χ1v) is 8.59. The summed E-state index contributed by atoms with van der Waals surface area (Å²) in [5.74, 6) is 3.28. The van der Waals surface area contributed by atoms with Crippen molar-refractivity contribution >= 4 is 0 Å². The molecule has 21 heavy (non-hydrogen) atoms. The molecule has 118 valence electrons. The fraction of sp³-hybridized carbons (Fsp3) is 0.789. The van der Waals surface area contributed by atoms with Crippen molar-refractivity contribution in [1.82, 2.24) is 0 Å². The van der Waals surface area contributed by atoms with Gasteiger partial charge in [0.1, 0.15) is 0 Å². The number of aliphatic hydroxyl groups excluding tert-OH is 1. The maximum absolute atomic E-state index is 10.3. The Morgan fingerprint density at radius 2 is 2.14 bits per heavy atom. The largest absolute Gasteiger partial charge is 0.501 e. The van der Waals surface area contributed by atoms with Crippen molar-refractivity contribution in [2.45, 2.75) is 65.4 Å². The zero-order valence-electron chi connectivity index (χ0n) is 14.0. The lowest BCUT2D eigenvalue weighted by Crippen LogP contribution is -2.47. The van der Waals surface area contributed by atoms with Gasteiger partial charge in [-0.1, -0.05) is 25.0 Å². The SMILES string of the molecule is COC1=CCC2=C(CCC3C2CCC(C)([C@H](C)O)C3C)C1. The Balaban J connectivity index is 1.83. The molecule has 0 spiro atoms. The molecule has 0 saturated heterocycles. The van der Waals surface area contributed by atoms with E-state index in [0.29, 0.717) is 5.92 Å². The second-order valence-corrected chi connectivity index (χ2v) is 7.70. The van der Waals surface area contributed by atoms with Crippen molar-refractivity contribution in [3.8, 4) is 0 Å². The zero-order valence-corrected chi connectivity index (χ0v) is 14.0. The van der Waals surface area contributed by atoms with E-state index in [9.17, 15) is 5.11 Å². The standard InChI is InChI=1S/C19H30O2/c1-12-16-7-5-14-11-15(21-4)6-8-17(14)18(16)9-10-19(12,3)13(2)20/h6,12-13,16,18,20H,5,7-11H2,1-4H3/t12?,13-,16?,18?,19?/m0/s1. The van der Waals surface area contributed by atoms with Gasteiger partial charge in [-0.3, -0.25) is 0 Å². The number of aliphatic hydroxyl groups is 1. The summed E-state index contributed by atoms with van der Waals surface area (Å²) in [6.07, 6.45) is 9.16. The topological polar surface area (TPSA) is 29.5 Å². The molecule has 5 atom stereocenters. The average molecular weight is 290 g/mol. The molecule has 3 rings (SSSR count). The van der Waals surface area contributed by atoms with Gasteiger partial charge in [0.25, 0.3) is 0 Å². The van der Waals surface area contributed by atoms with Crippen LogP contribution < -0.4 is 0 Å². The van der Waals surface area contributed by atoms with Gasteiger partial charge in [0.2, 0.25) is 0 Å². The number of fused-ring (bicyclic) bond motifs is 2. The summed E-state index contributed by atoms with van der Waals surface area (Å²) in [6, 6.07) is 0. The van der Waals surface area contributed by atoms with E-state index in [1.807, 2.05) is 6.92 Å². The molecule has 1 N–H and O–H groups in total. The van der Waals surface area contributed by atoms with Crippen molar-refractivity contribution < 1.29 is 9.84 Å². The fourth-order valence-corrected chi connectivity index (χ4v) is 5.14. The van der Waals surface area contributed by atoms with Crippen LogP contribution in [0.2, 0.25) is 0 Å². The summed E-state index contributed by atoms with van der Waals surface area (Å²) in [5, 5.41) is 10.3. The Hall–Kier alpha value is -0.760. The molecule has 0 heterocycles. The lowest BCUT2D eigenvalue weighted by atomic mass is 9.53. The summed E-state index contributed by atoms with van der Waals surface area (Å²) >= 11 is 0. The molecule has 2 nitrogen and oxygen atoms in total. The van der Waals surface area contributed by atoms with E-state index in [0.717, 1.165) is 36.9 Å². The van der Waals surface area contributed by atoms with Crippen molar-refractivity contribution in [2.24, 2.45) is 23.2 Å². The van der Waals surface area contributed by atoms with E-state index in [2.05, 4.69) is 19.9 Å². The van der Waals surface area contributed by atoms with Crippen molar-refractivity contribution in [3.63, 3.8) is 0 Å². The molecule has 3 aliphatic rings. The molecule has 0 radical (unpaired) electrons. The summed E-state index contributed by atoms with van der Waals surface area (Å²) in [4.78, 5) is 0. The van der Waals surface area contributed by atoms with E-state index in [1.54, 1.807) is 18.3 Å². The number of rotatable bonds is 2. The number of allylic oxidation sites excluding steroid dienone is 3. The molecule has 0 aromatic rings. The second-order valence-electron chi connectivity index (χ2n) is 7.70. The van der Waals surface area contributed by atoms with Gasteiger partial charge in [0.05, 0.1) is 19.0 Å². The Morgan fingerprint density at radius 1 is 1.38 bits per heavy atom. The van der Waals surface area contributed by atoms with Gasteiger partial charge in [0.15, 0.2) is 0 Å². The van der Waals surface area contributed by atoms with Crippen molar-refractivity contribution in [3.05, 3.63) is 23.0 Å². The van der Waals surface area contributed by atoms with Crippen LogP contribution in [0.5, 0.6) is 0 Å². The Morgan fingerprint density at radius 3 is 2.81 bits per heavy atom. The Labute approximate surface area is 129 Å². The van der Waals surface area contributed by atoms with Gasteiger partial charge >= 0.3 is 0 Å². The number of ether oxygens (including phenoxy) is 1. The second kappa shape index (κ2) is 5.46. The summed E-state index contributed by atoms with van der Waals surface area (Å²) < 4.78 is 5.46. The van der Waals surface area contributed by atoms with Crippen molar-refractivity contribution in [1.29, 1.82) is 0 Å². The van der Waals surface area contributed by atoms with E-state index in [1.165, 1.54) is 19.3 Å². The predicted molar refractivity (Wildman–Crippen MR) is 85.8 cm³/mol. The lowest BCUT2D eigenvalue weighted by Gasteiger charge is -2.53. The van der Waals surface area contributed by atoms with Gasteiger partial charge in [0, 0.05) is 6.42 Å². The highest BCUT2D eigenvalue weighted by Gasteiger charge is 2.48. The third kappa shape index (κ3) is 2.36. The molecule has 0 aromatic heterocycles. The molecule has 0 aliphatic heterocycles. The molecule has 0 bridgehead atoms. The van der Waals surface area contributed by atoms with Crippen LogP contribution in [0.1, 0.15) is 59.3 Å². The normalized spacial score (nSPS) is 41.0. The van der Waals surface area contributed by atoms with Gasteiger partial charge in [-0.2, -0.15) is 0 Å². The minimum absolute atomic E-state index is 0.0986. The van der Waals surface area contributed by atoms with Crippen LogP contribution in [0.15, 0.2) is 23.0 Å². The maximum atomic E-state index is 10.3. The maximum Gasteiger partial charge on any atom is 0.0959 e. The highest BCUT2D eigenvalue weighted by atomic mass is 16.5. The molecular weight excluding hydrogens is 260 g/mol. The number of methoxy groups -OCH3 is 1. The van der Waals surface area contributed by atoms with Gasteiger partial charge in [-0.05, 0) is 68.3 Å². The van der Waals surface area contributed by atoms with Crippen molar-refractivity contribution in [2.75, 3.05) is 7.11 Å². The smallest absolute Gasteiger partial charge is 0.0959 e. The van der Waals surface area contributed by atoms with E-state index in [4.69, 9.17) is 4.74 Å². The van der Waals surface area contributed by atoms with Crippen LogP contribution in [-0.2, 0) is 4.74 Å². The molecule has 1 fully saturated rings. The molecule has 0 amide bonds. The first kappa shape index (κ1) is 15.1. The monoisotopic (exact) mass is 290 g/mol.